The number of sulfone groups is 1. The third kappa shape index (κ3) is 5.03. The summed E-state index contributed by atoms with van der Waals surface area (Å²) in [7, 11) is -1.72. The Bertz CT molecular complexity index is 1420. The number of hydrogen-bond acceptors (Lipinski definition) is 7. The van der Waals surface area contributed by atoms with Crippen molar-refractivity contribution in [3.05, 3.63) is 59.2 Å². The summed E-state index contributed by atoms with van der Waals surface area (Å²) in [5.74, 6) is 0.668. The van der Waals surface area contributed by atoms with Crippen molar-refractivity contribution in [3.63, 3.8) is 0 Å². The number of aromatic nitrogens is 2. The molecule has 1 aromatic heterocycles. The Morgan fingerprint density at radius 1 is 1.11 bits per heavy atom. The van der Waals surface area contributed by atoms with Crippen LogP contribution >= 0.6 is 11.6 Å². The van der Waals surface area contributed by atoms with Gasteiger partial charge in [0.15, 0.2) is 15.7 Å². The van der Waals surface area contributed by atoms with Crippen LogP contribution in [0.2, 0.25) is 5.02 Å². The first-order valence-corrected chi connectivity index (χ1v) is 13.6. The normalized spacial score (nSPS) is 15.4. The highest BCUT2D eigenvalue weighted by molar-refractivity contribution is 7.92. The maximum Gasteiger partial charge on any atom is 0.229 e. The molecular formula is C26H30ClN5O3S. The fourth-order valence-corrected chi connectivity index (χ4v) is 5.49. The maximum absolute atomic E-state index is 12.8. The number of nitrogens with zero attached hydrogens (tertiary/aromatic N) is 3. The van der Waals surface area contributed by atoms with Gasteiger partial charge in [-0.25, -0.2) is 13.4 Å². The lowest BCUT2D eigenvalue weighted by Gasteiger charge is -2.27. The number of carbonyl (C=O) groups is 1. The summed E-state index contributed by atoms with van der Waals surface area (Å²) in [6, 6.07) is 12.5. The molecule has 2 aromatic carbocycles. The number of fused-ring (bicyclic) bond motifs is 1. The average Bonchev–Trinajstić information content (AvgIpc) is 2.91. The Morgan fingerprint density at radius 3 is 2.56 bits per heavy atom. The second kappa shape index (κ2) is 9.71. The van der Waals surface area contributed by atoms with Crippen molar-refractivity contribution >= 4 is 56.2 Å². The van der Waals surface area contributed by atoms with Crippen LogP contribution in [0.25, 0.3) is 0 Å². The molecule has 1 aliphatic rings. The monoisotopic (exact) mass is 527 g/mol. The number of amides is 1. The largest absolute Gasteiger partial charge is 0.338 e. The van der Waals surface area contributed by atoms with Crippen molar-refractivity contribution in [3.8, 4) is 0 Å². The number of nitrogens with one attached hydrogen (secondary N) is 2. The zero-order chi connectivity index (χ0) is 26.3. The molecule has 0 atom stereocenters. The topological polar surface area (TPSA) is 104 Å². The van der Waals surface area contributed by atoms with Gasteiger partial charge in [-0.05, 0) is 61.6 Å². The fourth-order valence-electron chi connectivity index (χ4n) is 4.15. The van der Waals surface area contributed by atoms with Gasteiger partial charge in [0.2, 0.25) is 11.9 Å². The minimum absolute atomic E-state index is 0.0963. The predicted molar refractivity (Wildman–Crippen MR) is 144 cm³/mol. The lowest BCUT2D eigenvalue weighted by Crippen LogP contribution is -2.25. The summed E-state index contributed by atoms with van der Waals surface area (Å²) in [4.78, 5) is 23.1. The highest BCUT2D eigenvalue weighted by Crippen LogP contribution is 2.40. The molecule has 3 aromatic rings. The second-order valence-electron chi connectivity index (χ2n) is 9.80. The Labute approximate surface area is 217 Å². The zero-order valence-electron chi connectivity index (χ0n) is 21.0. The molecule has 0 spiro atoms. The lowest BCUT2D eigenvalue weighted by molar-refractivity contribution is -0.118. The van der Waals surface area contributed by atoms with Gasteiger partial charge in [-0.1, -0.05) is 37.6 Å². The van der Waals surface area contributed by atoms with Gasteiger partial charge in [0.25, 0.3) is 0 Å². The summed E-state index contributed by atoms with van der Waals surface area (Å²) in [6.45, 7) is 7.54. The van der Waals surface area contributed by atoms with Crippen LogP contribution in [0.1, 0.15) is 46.1 Å². The molecule has 1 amide bonds. The van der Waals surface area contributed by atoms with Gasteiger partial charge in [0, 0.05) is 24.8 Å². The van der Waals surface area contributed by atoms with Gasteiger partial charge in [0.05, 0.1) is 22.0 Å². The molecule has 0 saturated carbocycles. The molecule has 0 aliphatic carbocycles. The minimum atomic E-state index is -3.52. The van der Waals surface area contributed by atoms with E-state index in [1.165, 1.54) is 6.20 Å². The molecule has 36 heavy (non-hydrogen) atoms. The molecule has 0 fully saturated rings. The van der Waals surface area contributed by atoms with Crippen LogP contribution in [-0.4, -0.2) is 36.6 Å². The molecule has 190 valence electrons. The van der Waals surface area contributed by atoms with Gasteiger partial charge in [-0.15, -0.1) is 0 Å². The summed E-state index contributed by atoms with van der Waals surface area (Å²) < 4.78 is 25.7. The number of hydrogen-bond donors (Lipinski definition) is 2. The highest BCUT2D eigenvalue weighted by Gasteiger charge is 2.31. The summed E-state index contributed by atoms with van der Waals surface area (Å²) >= 11 is 6.36. The fraction of sp³-hybridized carbons (Fsp3) is 0.346. The van der Waals surface area contributed by atoms with Gasteiger partial charge >= 0.3 is 0 Å². The first kappa shape index (κ1) is 25.9. The first-order chi connectivity index (χ1) is 16.9. The highest BCUT2D eigenvalue weighted by atomic mass is 35.5. The van der Waals surface area contributed by atoms with Gasteiger partial charge in [0.1, 0.15) is 5.02 Å². The number of rotatable bonds is 6. The molecule has 1 aliphatic heterocycles. The molecule has 2 N–H and O–H groups in total. The summed E-state index contributed by atoms with van der Waals surface area (Å²) in [5.41, 5.74) is 2.90. The molecular weight excluding hydrogens is 498 g/mol. The van der Waals surface area contributed by atoms with Gasteiger partial charge < -0.3 is 15.5 Å². The molecule has 0 unspecified atom stereocenters. The number of anilines is 5. The van der Waals surface area contributed by atoms with Crippen LogP contribution in [0, 0.1) is 0 Å². The maximum atomic E-state index is 12.8. The Hall–Kier alpha value is -3.17. The molecule has 10 heteroatoms. The predicted octanol–water partition coefficient (Wildman–Crippen LogP) is 5.83. The van der Waals surface area contributed by atoms with Crippen molar-refractivity contribution < 1.29 is 13.2 Å². The standard InChI is InChI=1S/C26H30ClN5O3S/c1-16(2)36(34,35)22-9-7-6-8-20(22)30-24-19(27)15-28-25(31-24)29-17-10-11-21-18(14-17)26(3,4)13-12-23(33)32(21)5/h6-11,14-16H,12-13H2,1-5H3,(H2,28,29,30,31). The van der Waals surface area contributed by atoms with Crippen LogP contribution in [0.5, 0.6) is 0 Å². The van der Waals surface area contributed by atoms with Crippen molar-refractivity contribution in [1.82, 2.24) is 9.97 Å². The van der Waals surface area contributed by atoms with E-state index in [2.05, 4.69) is 34.4 Å². The molecule has 4 rings (SSSR count). The third-order valence-electron chi connectivity index (χ3n) is 6.49. The van der Waals surface area contributed by atoms with Crippen LogP contribution < -0.4 is 15.5 Å². The average molecular weight is 528 g/mol. The van der Waals surface area contributed by atoms with E-state index < -0.39 is 15.1 Å². The molecule has 0 radical (unpaired) electrons. The van der Waals surface area contributed by atoms with Crippen LogP contribution in [0.15, 0.2) is 53.6 Å². The number of halogens is 1. The second-order valence-corrected chi connectivity index (χ2v) is 12.7. The van der Waals surface area contributed by atoms with E-state index >= 15 is 0 Å². The summed E-state index contributed by atoms with van der Waals surface area (Å²) in [5, 5.41) is 5.95. The van der Waals surface area contributed by atoms with E-state index in [9.17, 15) is 13.2 Å². The van der Waals surface area contributed by atoms with Crippen molar-refractivity contribution in [2.24, 2.45) is 0 Å². The lowest BCUT2D eigenvalue weighted by atomic mass is 9.80. The smallest absolute Gasteiger partial charge is 0.229 e. The Morgan fingerprint density at radius 2 is 1.83 bits per heavy atom. The van der Waals surface area contributed by atoms with Crippen molar-refractivity contribution in [2.45, 2.75) is 56.1 Å². The number of carbonyl (C=O) groups excluding carboxylic acids is 1. The Balaban J connectivity index is 1.66. The molecule has 0 saturated heterocycles. The van der Waals surface area contributed by atoms with Crippen LogP contribution in [0.3, 0.4) is 0 Å². The van der Waals surface area contributed by atoms with E-state index in [0.29, 0.717) is 18.1 Å². The quantitative estimate of drug-likeness (QED) is 0.415. The summed E-state index contributed by atoms with van der Waals surface area (Å²) in [6.07, 6.45) is 2.69. The van der Waals surface area contributed by atoms with E-state index in [-0.39, 0.29) is 27.1 Å². The number of benzene rings is 2. The minimum Gasteiger partial charge on any atom is -0.338 e. The van der Waals surface area contributed by atoms with E-state index in [1.54, 1.807) is 50.1 Å². The van der Waals surface area contributed by atoms with Crippen molar-refractivity contribution in [2.75, 3.05) is 22.6 Å². The SMILES string of the molecule is CC(C)S(=O)(=O)c1ccccc1Nc1nc(Nc2ccc3c(c2)C(C)(C)CCC(=O)N3C)ncc1Cl. The Kier molecular flexibility index (Phi) is 6.99. The van der Waals surface area contributed by atoms with Crippen LogP contribution in [-0.2, 0) is 20.0 Å². The molecule has 2 heterocycles. The van der Waals surface area contributed by atoms with Crippen LogP contribution in [0.4, 0.5) is 28.8 Å². The van der Waals surface area contributed by atoms with Gasteiger partial charge in [-0.3, -0.25) is 4.79 Å². The molecule has 0 bridgehead atoms. The first-order valence-electron chi connectivity index (χ1n) is 11.7. The van der Waals surface area contributed by atoms with E-state index in [4.69, 9.17) is 11.6 Å². The van der Waals surface area contributed by atoms with Gasteiger partial charge in [-0.2, -0.15) is 4.98 Å². The third-order valence-corrected chi connectivity index (χ3v) is 8.98. The van der Waals surface area contributed by atoms with E-state index in [1.807, 2.05) is 18.2 Å². The zero-order valence-corrected chi connectivity index (χ0v) is 22.5. The molecule has 8 nitrogen and oxygen atoms in total. The van der Waals surface area contributed by atoms with Crippen molar-refractivity contribution in [1.29, 1.82) is 0 Å². The van der Waals surface area contributed by atoms with E-state index in [0.717, 1.165) is 23.4 Å². The number of para-hydroxylation sites is 1.